The Balaban J connectivity index is 1.47. The second-order valence-corrected chi connectivity index (χ2v) is 6.34. The fraction of sp³-hybridized carbons (Fsp3) is 0.143. The fourth-order valence-corrected chi connectivity index (χ4v) is 3.04. The maximum absolute atomic E-state index is 12.7. The Labute approximate surface area is 160 Å². The monoisotopic (exact) mass is 377 g/mol. The molecule has 28 heavy (non-hydrogen) atoms. The molecule has 3 N–H and O–H groups in total. The number of hydrogen-bond donors (Lipinski definition) is 3. The van der Waals surface area contributed by atoms with Crippen LogP contribution in [0.15, 0.2) is 80.6 Å². The van der Waals surface area contributed by atoms with Crippen molar-refractivity contribution in [2.24, 2.45) is 0 Å². The Hall–Kier alpha value is -3.58. The van der Waals surface area contributed by atoms with E-state index < -0.39 is 5.76 Å². The summed E-state index contributed by atoms with van der Waals surface area (Å²) in [6, 6.07) is 18.4. The van der Waals surface area contributed by atoms with Gasteiger partial charge in [0.15, 0.2) is 5.58 Å². The zero-order chi connectivity index (χ0) is 19.3. The van der Waals surface area contributed by atoms with Gasteiger partial charge in [0.1, 0.15) is 5.76 Å². The number of carbonyl (C=O) groups is 1. The lowest BCUT2D eigenvalue weighted by Gasteiger charge is -2.17. The Bertz CT molecular complexity index is 1110. The molecule has 7 heteroatoms. The van der Waals surface area contributed by atoms with Gasteiger partial charge in [-0.05, 0) is 29.8 Å². The van der Waals surface area contributed by atoms with Crippen molar-refractivity contribution in [2.45, 2.75) is 12.6 Å². The molecule has 0 spiro atoms. The van der Waals surface area contributed by atoms with Crippen molar-refractivity contribution >= 4 is 17.0 Å². The predicted octanol–water partition coefficient (Wildman–Crippen LogP) is 2.98. The Morgan fingerprint density at radius 3 is 2.68 bits per heavy atom. The molecule has 7 nitrogen and oxygen atoms in total. The molecular weight excluding hydrogens is 358 g/mol. The first kappa shape index (κ1) is 17.8. The molecule has 0 saturated carbocycles. The number of nitrogens with one attached hydrogen (secondary N) is 3. The third-order valence-corrected chi connectivity index (χ3v) is 4.44. The van der Waals surface area contributed by atoms with Crippen LogP contribution in [0.3, 0.4) is 0 Å². The number of aromatic nitrogens is 1. The molecule has 142 valence electrons. The van der Waals surface area contributed by atoms with Gasteiger partial charge in [-0.2, -0.15) is 0 Å². The predicted molar refractivity (Wildman–Crippen MR) is 104 cm³/mol. The van der Waals surface area contributed by atoms with Crippen molar-refractivity contribution in [1.82, 2.24) is 15.6 Å². The smallest absolute Gasteiger partial charge is 0.417 e. The zero-order valence-electron chi connectivity index (χ0n) is 15.0. The number of rotatable bonds is 7. The van der Waals surface area contributed by atoms with E-state index >= 15 is 0 Å². The number of carbonyl (C=O) groups excluding carboxylic acids is 1. The molecule has 2 heterocycles. The molecule has 0 aliphatic rings. The van der Waals surface area contributed by atoms with Crippen LogP contribution in [-0.2, 0) is 6.54 Å². The average molecular weight is 377 g/mol. The van der Waals surface area contributed by atoms with Gasteiger partial charge >= 0.3 is 5.76 Å². The Morgan fingerprint density at radius 2 is 1.89 bits per heavy atom. The molecule has 1 amide bonds. The minimum Gasteiger partial charge on any atom is -0.468 e. The number of benzene rings is 2. The summed E-state index contributed by atoms with van der Waals surface area (Å²) >= 11 is 0. The summed E-state index contributed by atoms with van der Waals surface area (Å²) in [5.41, 5.74) is 2.17. The minimum absolute atomic E-state index is 0.211. The van der Waals surface area contributed by atoms with E-state index in [0.717, 1.165) is 11.3 Å². The van der Waals surface area contributed by atoms with Gasteiger partial charge in [0.25, 0.3) is 5.91 Å². The topological polar surface area (TPSA) is 100 Å². The second kappa shape index (κ2) is 7.98. The SMILES string of the molecule is O=C(NCC(NCc1ccccc1)c1ccco1)c1cccc2[nH]c(=O)oc12. The van der Waals surface area contributed by atoms with Crippen molar-refractivity contribution in [3.8, 4) is 0 Å². The van der Waals surface area contributed by atoms with E-state index in [-0.39, 0.29) is 17.5 Å². The van der Waals surface area contributed by atoms with Gasteiger partial charge in [0, 0.05) is 13.1 Å². The number of amides is 1. The summed E-state index contributed by atoms with van der Waals surface area (Å²) in [6.45, 7) is 0.939. The number of oxazole rings is 1. The van der Waals surface area contributed by atoms with Crippen LogP contribution in [0.1, 0.15) is 27.7 Å². The lowest BCUT2D eigenvalue weighted by molar-refractivity contribution is 0.0949. The number of hydrogen-bond acceptors (Lipinski definition) is 5. The number of para-hydroxylation sites is 1. The van der Waals surface area contributed by atoms with E-state index in [2.05, 4.69) is 15.6 Å². The molecule has 1 unspecified atom stereocenters. The molecule has 0 aliphatic carbocycles. The van der Waals surface area contributed by atoms with Gasteiger partial charge in [0.2, 0.25) is 0 Å². The van der Waals surface area contributed by atoms with Crippen LogP contribution in [-0.4, -0.2) is 17.4 Å². The Morgan fingerprint density at radius 1 is 1.04 bits per heavy atom. The van der Waals surface area contributed by atoms with E-state index in [9.17, 15) is 9.59 Å². The average Bonchev–Trinajstić information content (AvgIpc) is 3.37. The summed E-state index contributed by atoms with van der Waals surface area (Å²) < 4.78 is 10.6. The number of aromatic amines is 1. The van der Waals surface area contributed by atoms with Crippen molar-refractivity contribution < 1.29 is 13.6 Å². The van der Waals surface area contributed by atoms with Crippen LogP contribution in [0, 0.1) is 0 Å². The maximum atomic E-state index is 12.7. The first-order valence-corrected chi connectivity index (χ1v) is 8.91. The molecular formula is C21H19N3O4. The van der Waals surface area contributed by atoms with Gasteiger partial charge in [-0.1, -0.05) is 36.4 Å². The number of furan rings is 1. The molecule has 0 saturated heterocycles. The highest BCUT2D eigenvalue weighted by Gasteiger charge is 2.18. The van der Waals surface area contributed by atoms with Gasteiger partial charge < -0.3 is 19.5 Å². The molecule has 2 aromatic heterocycles. The van der Waals surface area contributed by atoms with Crippen LogP contribution in [0.4, 0.5) is 0 Å². The van der Waals surface area contributed by atoms with E-state index in [1.54, 1.807) is 24.5 Å². The lowest BCUT2D eigenvalue weighted by atomic mass is 10.1. The third-order valence-electron chi connectivity index (χ3n) is 4.44. The molecule has 2 aromatic carbocycles. The Kier molecular flexibility index (Phi) is 5.07. The molecule has 0 aliphatic heterocycles. The summed E-state index contributed by atoms with van der Waals surface area (Å²) in [5, 5.41) is 6.29. The molecule has 4 aromatic rings. The van der Waals surface area contributed by atoms with Gasteiger partial charge in [-0.15, -0.1) is 0 Å². The normalized spacial score (nSPS) is 12.1. The van der Waals surface area contributed by atoms with Crippen molar-refractivity contribution in [3.05, 3.63) is 94.4 Å². The lowest BCUT2D eigenvalue weighted by Crippen LogP contribution is -2.34. The van der Waals surface area contributed by atoms with Crippen LogP contribution in [0.25, 0.3) is 11.1 Å². The highest BCUT2D eigenvalue weighted by atomic mass is 16.4. The van der Waals surface area contributed by atoms with Crippen LogP contribution in [0.2, 0.25) is 0 Å². The quantitative estimate of drug-likeness (QED) is 0.460. The van der Waals surface area contributed by atoms with Gasteiger partial charge in [-0.25, -0.2) is 4.79 Å². The number of H-pyrrole nitrogens is 1. The number of fused-ring (bicyclic) bond motifs is 1. The molecule has 0 fully saturated rings. The van der Waals surface area contributed by atoms with Crippen LogP contribution in [0.5, 0.6) is 0 Å². The molecule has 4 rings (SSSR count). The fourth-order valence-electron chi connectivity index (χ4n) is 3.04. The van der Waals surface area contributed by atoms with E-state index in [0.29, 0.717) is 24.2 Å². The van der Waals surface area contributed by atoms with E-state index in [4.69, 9.17) is 8.83 Å². The minimum atomic E-state index is -0.590. The maximum Gasteiger partial charge on any atom is 0.417 e. The second-order valence-electron chi connectivity index (χ2n) is 6.34. The summed E-state index contributed by atoms with van der Waals surface area (Å²) in [4.78, 5) is 26.6. The molecule has 0 radical (unpaired) electrons. The zero-order valence-corrected chi connectivity index (χ0v) is 15.0. The van der Waals surface area contributed by atoms with Crippen LogP contribution < -0.4 is 16.4 Å². The van der Waals surface area contributed by atoms with Crippen LogP contribution >= 0.6 is 0 Å². The summed E-state index contributed by atoms with van der Waals surface area (Å²) in [5.74, 6) is -0.192. The van der Waals surface area contributed by atoms with Gasteiger partial charge in [0.05, 0.1) is 23.4 Å². The van der Waals surface area contributed by atoms with Crippen molar-refractivity contribution in [1.29, 1.82) is 0 Å². The largest absolute Gasteiger partial charge is 0.468 e. The van der Waals surface area contributed by atoms with E-state index in [1.165, 1.54) is 0 Å². The first-order chi connectivity index (χ1) is 13.7. The highest BCUT2D eigenvalue weighted by molar-refractivity contribution is 6.03. The first-order valence-electron chi connectivity index (χ1n) is 8.91. The summed E-state index contributed by atoms with van der Waals surface area (Å²) in [6.07, 6.45) is 1.60. The highest BCUT2D eigenvalue weighted by Crippen LogP contribution is 2.17. The van der Waals surface area contributed by atoms with Crippen molar-refractivity contribution in [2.75, 3.05) is 6.54 Å². The summed E-state index contributed by atoms with van der Waals surface area (Å²) in [7, 11) is 0. The third kappa shape index (κ3) is 3.89. The van der Waals surface area contributed by atoms with Crippen molar-refractivity contribution in [3.63, 3.8) is 0 Å². The van der Waals surface area contributed by atoms with Gasteiger partial charge in [-0.3, -0.25) is 9.78 Å². The van der Waals surface area contributed by atoms with E-state index in [1.807, 2.05) is 42.5 Å². The molecule has 0 bridgehead atoms. The standard InChI is InChI=1S/C21H19N3O4/c25-20(15-8-4-9-16-19(15)28-21(26)24-16)23-13-17(18-10-5-11-27-18)22-12-14-6-2-1-3-7-14/h1-11,17,22H,12-13H2,(H,23,25)(H,24,26). The molecule has 1 atom stereocenters.